The number of oxazole rings is 1. The van der Waals surface area contributed by atoms with Crippen LogP contribution in [0.3, 0.4) is 0 Å². The normalized spacial score (nSPS) is 11.0. The van der Waals surface area contributed by atoms with E-state index in [2.05, 4.69) is 35.2 Å². The smallest absolute Gasteiger partial charge is 0.226 e. The van der Waals surface area contributed by atoms with Crippen LogP contribution in [0, 0.1) is 20.8 Å². The van der Waals surface area contributed by atoms with Gasteiger partial charge in [0.25, 0.3) is 0 Å². The molecule has 0 aliphatic carbocycles. The van der Waals surface area contributed by atoms with Crippen LogP contribution in [-0.2, 0) is 13.2 Å². The number of aryl methyl sites for hydroxylation is 3. The molecule has 2 aromatic carbocycles. The fraction of sp³-hybridized carbons (Fsp3) is 0.217. The zero-order valence-corrected chi connectivity index (χ0v) is 16.3. The van der Waals surface area contributed by atoms with Crippen LogP contribution < -0.4 is 4.74 Å². The quantitative estimate of drug-likeness (QED) is 0.472. The van der Waals surface area contributed by atoms with Gasteiger partial charge in [0.05, 0.1) is 12.2 Å². The maximum Gasteiger partial charge on any atom is 0.226 e. The van der Waals surface area contributed by atoms with Crippen molar-refractivity contribution in [2.24, 2.45) is 0 Å². The lowest BCUT2D eigenvalue weighted by Gasteiger charge is -2.07. The third kappa shape index (κ3) is 3.98. The van der Waals surface area contributed by atoms with Gasteiger partial charge in [0.1, 0.15) is 23.8 Å². The average molecular weight is 373 g/mol. The number of ether oxygens (including phenoxy) is 1. The maximum atomic E-state index is 5.91. The van der Waals surface area contributed by atoms with Crippen LogP contribution in [-0.4, -0.2) is 14.8 Å². The van der Waals surface area contributed by atoms with Gasteiger partial charge in [0.2, 0.25) is 5.89 Å². The summed E-state index contributed by atoms with van der Waals surface area (Å²) < 4.78 is 13.7. The number of hydrogen-bond donors (Lipinski definition) is 0. The summed E-state index contributed by atoms with van der Waals surface area (Å²) in [6, 6.07) is 20.1. The van der Waals surface area contributed by atoms with Gasteiger partial charge < -0.3 is 9.15 Å². The topological polar surface area (TPSA) is 53.1 Å². The average Bonchev–Trinajstić information content (AvgIpc) is 3.23. The molecular weight excluding hydrogens is 350 g/mol. The van der Waals surface area contributed by atoms with E-state index in [1.165, 1.54) is 5.56 Å². The SMILES string of the molecule is Cc1cc(C)n(Cc2ccc(OCc3nc(-c4ccccc4)oc3C)cc2)n1. The maximum absolute atomic E-state index is 5.91. The van der Waals surface area contributed by atoms with Crippen LogP contribution >= 0.6 is 0 Å². The van der Waals surface area contributed by atoms with Crippen molar-refractivity contribution in [1.29, 1.82) is 0 Å². The highest BCUT2D eigenvalue weighted by Gasteiger charge is 2.12. The Morgan fingerprint density at radius 1 is 0.964 bits per heavy atom. The van der Waals surface area contributed by atoms with Crippen molar-refractivity contribution < 1.29 is 9.15 Å². The molecule has 4 aromatic rings. The zero-order valence-electron chi connectivity index (χ0n) is 16.3. The monoisotopic (exact) mass is 373 g/mol. The molecule has 0 aliphatic heterocycles. The summed E-state index contributed by atoms with van der Waals surface area (Å²) in [7, 11) is 0. The van der Waals surface area contributed by atoms with Gasteiger partial charge in [-0.15, -0.1) is 0 Å². The molecule has 2 heterocycles. The molecule has 0 unspecified atom stereocenters. The molecule has 4 rings (SSSR count). The summed E-state index contributed by atoms with van der Waals surface area (Å²) in [5.41, 5.74) is 5.15. The molecule has 0 amide bonds. The van der Waals surface area contributed by atoms with E-state index < -0.39 is 0 Å². The third-order valence-corrected chi connectivity index (χ3v) is 4.65. The molecular formula is C23H23N3O2. The minimum Gasteiger partial charge on any atom is -0.487 e. The number of aromatic nitrogens is 3. The van der Waals surface area contributed by atoms with Crippen LogP contribution in [0.2, 0.25) is 0 Å². The second-order valence-electron chi connectivity index (χ2n) is 6.91. The molecule has 0 spiro atoms. The molecule has 5 heteroatoms. The lowest BCUT2D eigenvalue weighted by atomic mass is 10.2. The van der Waals surface area contributed by atoms with Crippen molar-refractivity contribution in [3.8, 4) is 17.2 Å². The van der Waals surface area contributed by atoms with E-state index in [0.717, 1.165) is 40.7 Å². The Bertz CT molecular complexity index is 1060. The van der Waals surface area contributed by atoms with Gasteiger partial charge >= 0.3 is 0 Å². The Kier molecular flexibility index (Phi) is 4.98. The van der Waals surface area contributed by atoms with E-state index in [1.54, 1.807) is 0 Å². The summed E-state index contributed by atoms with van der Waals surface area (Å²) >= 11 is 0. The van der Waals surface area contributed by atoms with Crippen molar-refractivity contribution in [3.05, 3.63) is 89.1 Å². The second-order valence-corrected chi connectivity index (χ2v) is 6.91. The highest BCUT2D eigenvalue weighted by Crippen LogP contribution is 2.23. The van der Waals surface area contributed by atoms with Crippen LogP contribution in [0.15, 0.2) is 65.1 Å². The summed E-state index contributed by atoms with van der Waals surface area (Å²) in [5, 5.41) is 4.51. The highest BCUT2D eigenvalue weighted by atomic mass is 16.5. The third-order valence-electron chi connectivity index (χ3n) is 4.65. The van der Waals surface area contributed by atoms with Crippen LogP contribution in [0.4, 0.5) is 0 Å². The van der Waals surface area contributed by atoms with E-state index in [9.17, 15) is 0 Å². The van der Waals surface area contributed by atoms with E-state index in [-0.39, 0.29) is 0 Å². The molecule has 0 saturated carbocycles. The second kappa shape index (κ2) is 7.72. The number of rotatable bonds is 6. The van der Waals surface area contributed by atoms with Gasteiger partial charge in [-0.3, -0.25) is 4.68 Å². The van der Waals surface area contributed by atoms with Gasteiger partial charge in [-0.25, -0.2) is 4.98 Å². The van der Waals surface area contributed by atoms with E-state index in [1.807, 2.05) is 61.0 Å². The van der Waals surface area contributed by atoms with Crippen LogP contribution in [0.5, 0.6) is 5.75 Å². The molecule has 142 valence electrons. The van der Waals surface area contributed by atoms with Crippen molar-refractivity contribution in [3.63, 3.8) is 0 Å². The summed E-state index contributed by atoms with van der Waals surface area (Å²) in [4.78, 5) is 4.58. The first kappa shape index (κ1) is 18.0. The minimum atomic E-state index is 0.374. The van der Waals surface area contributed by atoms with E-state index >= 15 is 0 Å². The standard InChI is InChI=1S/C23H23N3O2/c1-16-13-17(2)26(25-16)14-19-9-11-21(12-10-19)27-15-22-18(3)28-23(24-22)20-7-5-4-6-8-20/h4-13H,14-15H2,1-3H3. The van der Waals surface area contributed by atoms with Gasteiger partial charge in [-0.05, 0) is 56.7 Å². The molecule has 0 atom stereocenters. The first-order chi connectivity index (χ1) is 13.6. The van der Waals surface area contributed by atoms with Crippen molar-refractivity contribution in [2.45, 2.75) is 33.9 Å². The number of hydrogen-bond acceptors (Lipinski definition) is 4. The lowest BCUT2D eigenvalue weighted by Crippen LogP contribution is -2.04. The summed E-state index contributed by atoms with van der Waals surface area (Å²) in [5.74, 6) is 2.21. The predicted octanol–water partition coefficient (Wildman–Crippen LogP) is 5.09. The molecule has 0 fully saturated rings. The summed E-state index contributed by atoms with van der Waals surface area (Å²) in [6.07, 6.45) is 0. The van der Waals surface area contributed by atoms with Crippen LogP contribution in [0.25, 0.3) is 11.5 Å². The zero-order chi connectivity index (χ0) is 19.5. The molecule has 5 nitrogen and oxygen atoms in total. The molecule has 0 bridgehead atoms. The van der Waals surface area contributed by atoms with E-state index in [4.69, 9.17) is 9.15 Å². The van der Waals surface area contributed by atoms with Crippen LogP contribution in [0.1, 0.15) is 28.4 Å². The molecule has 0 saturated heterocycles. The molecule has 0 radical (unpaired) electrons. The summed E-state index contributed by atoms with van der Waals surface area (Å²) in [6.45, 7) is 7.12. The van der Waals surface area contributed by atoms with Crippen molar-refractivity contribution >= 4 is 0 Å². The Labute approximate surface area is 164 Å². The predicted molar refractivity (Wildman–Crippen MR) is 108 cm³/mol. The molecule has 0 N–H and O–H groups in total. The number of nitrogens with zero attached hydrogens (tertiary/aromatic N) is 3. The Morgan fingerprint density at radius 3 is 2.39 bits per heavy atom. The fourth-order valence-corrected chi connectivity index (χ4v) is 3.12. The minimum absolute atomic E-state index is 0.374. The van der Waals surface area contributed by atoms with Crippen molar-refractivity contribution in [2.75, 3.05) is 0 Å². The molecule has 2 aromatic heterocycles. The Hall–Kier alpha value is -3.34. The fourth-order valence-electron chi connectivity index (χ4n) is 3.12. The Morgan fingerprint density at radius 2 is 1.71 bits per heavy atom. The molecule has 0 aliphatic rings. The largest absolute Gasteiger partial charge is 0.487 e. The first-order valence-electron chi connectivity index (χ1n) is 9.33. The van der Waals surface area contributed by atoms with Gasteiger partial charge in [-0.2, -0.15) is 5.10 Å². The number of benzene rings is 2. The Balaban J connectivity index is 1.40. The van der Waals surface area contributed by atoms with Crippen molar-refractivity contribution in [1.82, 2.24) is 14.8 Å². The lowest BCUT2D eigenvalue weighted by molar-refractivity contribution is 0.299. The molecule has 28 heavy (non-hydrogen) atoms. The van der Waals surface area contributed by atoms with Gasteiger partial charge in [0, 0.05) is 11.3 Å². The first-order valence-corrected chi connectivity index (χ1v) is 9.33. The van der Waals surface area contributed by atoms with E-state index in [0.29, 0.717) is 12.5 Å². The van der Waals surface area contributed by atoms with Gasteiger partial charge in [0.15, 0.2) is 0 Å². The van der Waals surface area contributed by atoms with Gasteiger partial charge in [-0.1, -0.05) is 30.3 Å². The highest BCUT2D eigenvalue weighted by molar-refractivity contribution is 5.53.